The molecule has 0 saturated carbocycles. The van der Waals surface area contributed by atoms with E-state index in [2.05, 4.69) is 5.43 Å². The van der Waals surface area contributed by atoms with Gasteiger partial charge in [0.2, 0.25) is 5.91 Å². The fourth-order valence-corrected chi connectivity index (χ4v) is 2.10. The molecular weight excluding hydrogens is 245 g/mol. The van der Waals surface area contributed by atoms with Crippen LogP contribution >= 0.6 is 0 Å². The number of nitrogens with zero attached hydrogens (tertiary/aromatic N) is 1. The summed E-state index contributed by atoms with van der Waals surface area (Å²) in [6.45, 7) is 1.70. The van der Waals surface area contributed by atoms with Gasteiger partial charge in [-0.1, -0.05) is 24.3 Å². The molecule has 0 bridgehead atoms. The van der Waals surface area contributed by atoms with E-state index >= 15 is 0 Å². The number of aryl methyl sites for hydroxylation is 1. The molecule has 1 N–H and O–H groups in total. The van der Waals surface area contributed by atoms with Crippen LogP contribution in [0, 0.1) is 6.92 Å². The average molecular weight is 258 g/mol. The zero-order valence-corrected chi connectivity index (χ0v) is 9.79. The molecule has 0 spiro atoms. The summed E-state index contributed by atoms with van der Waals surface area (Å²) in [5, 5.41) is 0.963. The first-order chi connectivity index (χ1) is 8.39. The fourth-order valence-electron chi connectivity index (χ4n) is 2.10. The van der Waals surface area contributed by atoms with Crippen LogP contribution in [0.4, 0.5) is 13.2 Å². The lowest BCUT2D eigenvalue weighted by molar-refractivity contribution is -0.191. The normalized spacial score (nSPS) is 18.8. The van der Waals surface area contributed by atoms with Gasteiger partial charge < -0.3 is 0 Å². The summed E-state index contributed by atoms with van der Waals surface area (Å²) in [6.07, 6.45) is -4.33. The standard InChI is InChI=1S/C12H13F3N2O/c1-8-4-2-3-5-9(8)11(12(13,14)15)17-7-6-10(18)16-17/h2-5,11H,6-7H2,1H3,(H,16,18). The number of carbonyl (C=O) groups excluding carboxylic acids is 1. The molecule has 1 heterocycles. The van der Waals surface area contributed by atoms with Crippen molar-refractivity contribution in [2.75, 3.05) is 6.54 Å². The van der Waals surface area contributed by atoms with Gasteiger partial charge in [0.25, 0.3) is 0 Å². The van der Waals surface area contributed by atoms with E-state index in [0.717, 1.165) is 5.01 Å². The summed E-state index contributed by atoms with van der Waals surface area (Å²) in [5.41, 5.74) is 2.99. The van der Waals surface area contributed by atoms with E-state index in [9.17, 15) is 18.0 Å². The van der Waals surface area contributed by atoms with Gasteiger partial charge in [0.05, 0.1) is 0 Å². The van der Waals surface area contributed by atoms with E-state index in [1.807, 2.05) is 0 Å². The quantitative estimate of drug-likeness (QED) is 0.883. The molecule has 3 nitrogen and oxygen atoms in total. The van der Waals surface area contributed by atoms with Gasteiger partial charge in [0, 0.05) is 13.0 Å². The van der Waals surface area contributed by atoms with Crippen molar-refractivity contribution in [2.45, 2.75) is 25.6 Å². The van der Waals surface area contributed by atoms with Crippen LogP contribution in [0.1, 0.15) is 23.6 Å². The summed E-state index contributed by atoms with van der Waals surface area (Å²) in [7, 11) is 0. The Morgan fingerprint density at radius 3 is 2.50 bits per heavy atom. The topological polar surface area (TPSA) is 32.3 Å². The van der Waals surface area contributed by atoms with Crippen molar-refractivity contribution in [2.24, 2.45) is 0 Å². The van der Waals surface area contributed by atoms with Gasteiger partial charge in [-0.05, 0) is 18.1 Å². The van der Waals surface area contributed by atoms with E-state index in [1.54, 1.807) is 25.1 Å². The van der Waals surface area contributed by atoms with Crippen LogP contribution in [0.15, 0.2) is 24.3 Å². The molecule has 0 radical (unpaired) electrons. The van der Waals surface area contributed by atoms with Gasteiger partial charge in [-0.3, -0.25) is 10.2 Å². The van der Waals surface area contributed by atoms with E-state index in [1.165, 1.54) is 6.07 Å². The van der Waals surface area contributed by atoms with E-state index in [4.69, 9.17) is 0 Å². The number of hydrogen-bond acceptors (Lipinski definition) is 2. The maximum absolute atomic E-state index is 13.2. The number of carbonyl (C=O) groups is 1. The molecule has 6 heteroatoms. The number of hydrazine groups is 1. The molecule has 18 heavy (non-hydrogen) atoms. The Morgan fingerprint density at radius 1 is 1.33 bits per heavy atom. The third-order valence-corrected chi connectivity index (χ3v) is 2.95. The molecule has 1 amide bonds. The van der Waals surface area contributed by atoms with Crippen molar-refractivity contribution in [3.63, 3.8) is 0 Å². The van der Waals surface area contributed by atoms with E-state index in [-0.39, 0.29) is 24.4 Å². The Hall–Kier alpha value is -1.56. The number of amides is 1. The van der Waals surface area contributed by atoms with Gasteiger partial charge in [-0.25, -0.2) is 5.01 Å². The first-order valence-corrected chi connectivity index (χ1v) is 5.58. The van der Waals surface area contributed by atoms with Crippen molar-refractivity contribution < 1.29 is 18.0 Å². The minimum atomic E-state index is -4.43. The maximum Gasteiger partial charge on any atom is 0.409 e. The molecule has 0 aromatic heterocycles. The number of hydrogen-bond donors (Lipinski definition) is 1. The van der Waals surface area contributed by atoms with Gasteiger partial charge in [0.15, 0.2) is 0 Å². The van der Waals surface area contributed by atoms with Gasteiger partial charge in [-0.15, -0.1) is 0 Å². The zero-order valence-electron chi connectivity index (χ0n) is 9.79. The second kappa shape index (κ2) is 4.61. The third kappa shape index (κ3) is 2.48. The molecule has 1 atom stereocenters. The van der Waals surface area contributed by atoms with Gasteiger partial charge >= 0.3 is 6.18 Å². The fraction of sp³-hybridized carbons (Fsp3) is 0.417. The van der Waals surface area contributed by atoms with E-state index < -0.39 is 12.2 Å². The van der Waals surface area contributed by atoms with Crippen LogP contribution in [0.3, 0.4) is 0 Å². The maximum atomic E-state index is 13.2. The lowest BCUT2D eigenvalue weighted by Crippen LogP contribution is -2.43. The predicted molar refractivity (Wildman–Crippen MR) is 59.4 cm³/mol. The molecule has 1 unspecified atom stereocenters. The van der Waals surface area contributed by atoms with Crippen molar-refractivity contribution in [1.29, 1.82) is 0 Å². The number of alkyl halides is 3. The van der Waals surface area contributed by atoms with Crippen LogP contribution < -0.4 is 5.43 Å². The van der Waals surface area contributed by atoms with Crippen LogP contribution in [0.25, 0.3) is 0 Å². The van der Waals surface area contributed by atoms with Crippen LogP contribution in [-0.2, 0) is 4.79 Å². The lowest BCUT2D eigenvalue weighted by Gasteiger charge is -2.30. The van der Waals surface area contributed by atoms with Crippen LogP contribution in [0.2, 0.25) is 0 Å². The Morgan fingerprint density at radius 2 is 2.00 bits per heavy atom. The summed E-state index contributed by atoms with van der Waals surface area (Å²) in [4.78, 5) is 11.1. The highest BCUT2D eigenvalue weighted by Crippen LogP contribution is 2.38. The molecule has 1 aliphatic heterocycles. The zero-order chi connectivity index (χ0) is 13.3. The van der Waals surface area contributed by atoms with Crippen molar-refractivity contribution in [3.8, 4) is 0 Å². The molecule has 1 fully saturated rings. The number of rotatable bonds is 2. The largest absolute Gasteiger partial charge is 0.409 e. The second-order valence-corrected chi connectivity index (χ2v) is 4.28. The molecular formula is C12H13F3N2O. The van der Waals surface area contributed by atoms with Gasteiger partial charge in [-0.2, -0.15) is 13.2 Å². The highest BCUT2D eigenvalue weighted by molar-refractivity contribution is 5.77. The average Bonchev–Trinajstić information content (AvgIpc) is 2.66. The third-order valence-electron chi connectivity index (χ3n) is 2.95. The summed E-state index contributed by atoms with van der Waals surface area (Å²) in [6, 6.07) is 4.54. The van der Waals surface area contributed by atoms with Crippen molar-refractivity contribution in [1.82, 2.24) is 10.4 Å². The first kappa shape index (κ1) is 12.9. The highest BCUT2D eigenvalue weighted by Gasteiger charge is 2.47. The Labute approximate surface area is 103 Å². The van der Waals surface area contributed by atoms with Crippen molar-refractivity contribution in [3.05, 3.63) is 35.4 Å². The summed E-state index contributed by atoms with van der Waals surface area (Å²) in [5.74, 6) is -0.377. The number of nitrogens with one attached hydrogen (secondary N) is 1. The minimum absolute atomic E-state index is 0.0668. The minimum Gasteiger partial charge on any atom is -0.288 e. The second-order valence-electron chi connectivity index (χ2n) is 4.28. The molecule has 1 saturated heterocycles. The summed E-state index contributed by atoms with van der Waals surface area (Å²) < 4.78 is 39.5. The smallest absolute Gasteiger partial charge is 0.288 e. The Kier molecular flexibility index (Phi) is 3.30. The summed E-state index contributed by atoms with van der Waals surface area (Å²) >= 11 is 0. The molecule has 1 aliphatic rings. The molecule has 2 rings (SSSR count). The van der Waals surface area contributed by atoms with Gasteiger partial charge in [0.1, 0.15) is 6.04 Å². The number of halogens is 3. The molecule has 1 aromatic carbocycles. The monoisotopic (exact) mass is 258 g/mol. The highest BCUT2D eigenvalue weighted by atomic mass is 19.4. The SMILES string of the molecule is Cc1ccccc1C(N1CCC(=O)N1)C(F)(F)F. The molecule has 1 aromatic rings. The Balaban J connectivity index is 2.38. The van der Waals surface area contributed by atoms with Crippen molar-refractivity contribution >= 4 is 5.91 Å². The first-order valence-electron chi connectivity index (χ1n) is 5.58. The lowest BCUT2D eigenvalue weighted by atomic mass is 10.0. The molecule has 98 valence electrons. The number of benzene rings is 1. The van der Waals surface area contributed by atoms with Crippen LogP contribution in [0.5, 0.6) is 0 Å². The molecule has 0 aliphatic carbocycles. The van der Waals surface area contributed by atoms with E-state index in [0.29, 0.717) is 5.56 Å². The predicted octanol–water partition coefficient (Wildman–Crippen LogP) is 2.34. The Bertz CT molecular complexity index is 459. The van der Waals surface area contributed by atoms with Crippen LogP contribution in [-0.4, -0.2) is 23.6 Å².